The summed E-state index contributed by atoms with van der Waals surface area (Å²) in [5.41, 5.74) is 2.76. The molecular formula is C28H37N5O5. The maximum absolute atomic E-state index is 13.2. The molecule has 0 bridgehead atoms. The molecule has 2 aromatic carbocycles. The fourth-order valence-electron chi connectivity index (χ4n) is 4.10. The second-order valence-corrected chi connectivity index (χ2v) is 9.49. The Morgan fingerprint density at radius 2 is 1.58 bits per heavy atom. The van der Waals surface area contributed by atoms with Crippen molar-refractivity contribution in [3.8, 4) is 0 Å². The van der Waals surface area contributed by atoms with Crippen LogP contribution in [0.5, 0.6) is 0 Å². The molecule has 38 heavy (non-hydrogen) atoms. The predicted molar refractivity (Wildman–Crippen MR) is 145 cm³/mol. The Bertz CT molecular complexity index is 1060. The van der Waals surface area contributed by atoms with Crippen LogP contribution >= 0.6 is 0 Å². The summed E-state index contributed by atoms with van der Waals surface area (Å²) in [6, 6.07) is 15.4. The Balaban J connectivity index is 1.62. The first-order valence-electron chi connectivity index (χ1n) is 12.8. The van der Waals surface area contributed by atoms with Gasteiger partial charge in [-0.2, -0.15) is 0 Å². The highest BCUT2D eigenvalue weighted by molar-refractivity contribution is 5.91. The second kappa shape index (κ2) is 14.8. The van der Waals surface area contributed by atoms with E-state index in [1.165, 1.54) is 0 Å². The van der Waals surface area contributed by atoms with Gasteiger partial charge in [-0.05, 0) is 29.7 Å². The van der Waals surface area contributed by atoms with E-state index < -0.39 is 23.9 Å². The standard InChI is InChI=1S/C28H37N5O5/c1-32(2)24-10-8-22(9-11-24)17-25(28(37)30-23(20-34)16-21-6-4-3-5-7-21)31-26(35)18-29-27(36)19-33-12-14-38-15-13-33/h3-11,20,23,25H,12-19H2,1-2H3,(H,29,36)(H,30,37)(H,31,35)/t23-,25?/m0/s1. The topological polar surface area (TPSA) is 120 Å². The van der Waals surface area contributed by atoms with E-state index in [1.54, 1.807) is 0 Å². The number of benzene rings is 2. The number of ether oxygens (including phenoxy) is 1. The zero-order valence-electron chi connectivity index (χ0n) is 22.0. The molecule has 1 aliphatic rings. The van der Waals surface area contributed by atoms with Crippen molar-refractivity contribution in [2.24, 2.45) is 0 Å². The van der Waals surface area contributed by atoms with Crippen LogP contribution in [0.15, 0.2) is 54.6 Å². The first-order valence-corrected chi connectivity index (χ1v) is 12.8. The van der Waals surface area contributed by atoms with Crippen molar-refractivity contribution in [3.63, 3.8) is 0 Å². The van der Waals surface area contributed by atoms with Crippen molar-refractivity contribution in [1.29, 1.82) is 0 Å². The van der Waals surface area contributed by atoms with Crippen LogP contribution in [0.3, 0.4) is 0 Å². The molecule has 0 aliphatic carbocycles. The van der Waals surface area contributed by atoms with Crippen LogP contribution in [0.1, 0.15) is 11.1 Å². The predicted octanol–water partition coefficient (Wildman–Crippen LogP) is 0.155. The minimum Gasteiger partial charge on any atom is -0.379 e. The quantitative estimate of drug-likeness (QED) is 0.320. The number of morpholine rings is 1. The summed E-state index contributed by atoms with van der Waals surface area (Å²) in [7, 11) is 3.87. The smallest absolute Gasteiger partial charge is 0.243 e. The summed E-state index contributed by atoms with van der Waals surface area (Å²) in [6.45, 7) is 2.40. The van der Waals surface area contributed by atoms with Gasteiger partial charge < -0.3 is 30.4 Å². The minimum atomic E-state index is -0.929. The number of nitrogens with zero attached hydrogens (tertiary/aromatic N) is 2. The summed E-state index contributed by atoms with van der Waals surface area (Å²) in [6.07, 6.45) is 1.26. The van der Waals surface area contributed by atoms with E-state index in [4.69, 9.17) is 4.74 Å². The van der Waals surface area contributed by atoms with Crippen molar-refractivity contribution < 1.29 is 23.9 Å². The van der Waals surface area contributed by atoms with Crippen LogP contribution in [0.2, 0.25) is 0 Å². The van der Waals surface area contributed by atoms with Gasteiger partial charge in [-0.15, -0.1) is 0 Å². The molecule has 1 fully saturated rings. The van der Waals surface area contributed by atoms with Crippen LogP contribution in [-0.4, -0.2) is 94.5 Å². The highest BCUT2D eigenvalue weighted by Crippen LogP contribution is 2.14. The molecule has 2 atom stereocenters. The lowest BCUT2D eigenvalue weighted by atomic mass is 10.0. The van der Waals surface area contributed by atoms with Crippen LogP contribution in [0, 0.1) is 0 Å². The van der Waals surface area contributed by atoms with Gasteiger partial charge in [0.2, 0.25) is 17.7 Å². The van der Waals surface area contributed by atoms with Crippen LogP contribution in [-0.2, 0) is 36.8 Å². The summed E-state index contributed by atoms with van der Waals surface area (Å²) < 4.78 is 5.28. The van der Waals surface area contributed by atoms with Gasteiger partial charge in [0.1, 0.15) is 12.3 Å². The van der Waals surface area contributed by atoms with Gasteiger partial charge in [-0.25, -0.2) is 0 Å². The Morgan fingerprint density at radius 3 is 2.21 bits per heavy atom. The molecule has 1 saturated heterocycles. The number of hydrogen-bond acceptors (Lipinski definition) is 7. The molecule has 1 unspecified atom stereocenters. The molecule has 0 spiro atoms. The number of amides is 3. The third kappa shape index (κ3) is 9.60. The number of anilines is 1. The van der Waals surface area contributed by atoms with Gasteiger partial charge in [0, 0.05) is 39.3 Å². The highest BCUT2D eigenvalue weighted by Gasteiger charge is 2.24. The van der Waals surface area contributed by atoms with Gasteiger partial charge >= 0.3 is 0 Å². The van der Waals surface area contributed by atoms with Gasteiger partial charge in [0.05, 0.1) is 32.3 Å². The summed E-state index contributed by atoms with van der Waals surface area (Å²) >= 11 is 0. The number of carbonyl (C=O) groups is 4. The van der Waals surface area contributed by atoms with Crippen molar-refractivity contribution in [3.05, 3.63) is 65.7 Å². The van der Waals surface area contributed by atoms with E-state index in [2.05, 4.69) is 16.0 Å². The van der Waals surface area contributed by atoms with Crippen LogP contribution in [0.25, 0.3) is 0 Å². The summed E-state index contributed by atoms with van der Waals surface area (Å²) in [5, 5.41) is 8.10. The third-order valence-corrected chi connectivity index (χ3v) is 6.25. The molecule has 0 aromatic heterocycles. The molecule has 10 nitrogen and oxygen atoms in total. The van der Waals surface area contributed by atoms with E-state index in [0.717, 1.165) is 16.8 Å². The molecular weight excluding hydrogens is 486 g/mol. The lowest BCUT2D eigenvalue weighted by molar-refractivity contribution is -0.131. The van der Waals surface area contributed by atoms with Gasteiger partial charge in [0.15, 0.2) is 0 Å². The van der Waals surface area contributed by atoms with Crippen molar-refractivity contribution in [2.75, 3.05) is 58.4 Å². The normalized spacial score (nSPS) is 15.1. The zero-order chi connectivity index (χ0) is 27.3. The van der Waals surface area contributed by atoms with Gasteiger partial charge in [0.25, 0.3) is 0 Å². The van der Waals surface area contributed by atoms with Crippen LogP contribution < -0.4 is 20.9 Å². The number of carbonyl (C=O) groups excluding carboxylic acids is 4. The highest BCUT2D eigenvalue weighted by atomic mass is 16.5. The average molecular weight is 524 g/mol. The maximum Gasteiger partial charge on any atom is 0.243 e. The van der Waals surface area contributed by atoms with Gasteiger partial charge in [-0.1, -0.05) is 42.5 Å². The van der Waals surface area contributed by atoms with Crippen molar-refractivity contribution in [2.45, 2.75) is 24.9 Å². The first kappa shape index (κ1) is 28.8. The number of aldehydes is 1. The molecule has 204 valence electrons. The van der Waals surface area contributed by atoms with E-state index in [9.17, 15) is 19.2 Å². The number of nitrogens with one attached hydrogen (secondary N) is 3. The van der Waals surface area contributed by atoms with E-state index >= 15 is 0 Å². The average Bonchev–Trinajstić information content (AvgIpc) is 2.92. The lowest BCUT2D eigenvalue weighted by Crippen LogP contribution is -2.53. The molecule has 10 heteroatoms. The zero-order valence-corrected chi connectivity index (χ0v) is 22.0. The largest absolute Gasteiger partial charge is 0.379 e. The van der Waals surface area contributed by atoms with E-state index in [-0.39, 0.29) is 25.4 Å². The summed E-state index contributed by atoms with van der Waals surface area (Å²) in [4.78, 5) is 53.9. The fraction of sp³-hybridized carbons (Fsp3) is 0.429. The Kier molecular flexibility index (Phi) is 11.3. The Morgan fingerprint density at radius 1 is 0.921 bits per heavy atom. The summed E-state index contributed by atoms with van der Waals surface area (Å²) in [5.74, 6) is -1.23. The second-order valence-electron chi connectivity index (χ2n) is 9.49. The Hall–Kier alpha value is -3.76. The Labute approximate surface area is 223 Å². The molecule has 3 rings (SSSR count). The molecule has 3 N–H and O–H groups in total. The lowest BCUT2D eigenvalue weighted by Gasteiger charge is -2.25. The van der Waals surface area contributed by atoms with E-state index in [1.807, 2.05) is 78.5 Å². The number of hydrogen-bond donors (Lipinski definition) is 3. The SMILES string of the molecule is CN(C)c1ccc(CC(NC(=O)CNC(=O)CN2CCOCC2)C(=O)N[C@H](C=O)Cc2ccccc2)cc1. The fourth-order valence-corrected chi connectivity index (χ4v) is 4.10. The molecule has 1 heterocycles. The van der Waals surface area contributed by atoms with E-state index in [0.29, 0.717) is 39.0 Å². The third-order valence-electron chi connectivity index (χ3n) is 6.25. The van der Waals surface area contributed by atoms with Crippen molar-refractivity contribution in [1.82, 2.24) is 20.9 Å². The minimum absolute atomic E-state index is 0.180. The number of rotatable bonds is 13. The van der Waals surface area contributed by atoms with Crippen LogP contribution in [0.4, 0.5) is 5.69 Å². The van der Waals surface area contributed by atoms with Gasteiger partial charge in [-0.3, -0.25) is 19.3 Å². The molecule has 3 amide bonds. The monoisotopic (exact) mass is 523 g/mol. The molecule has 2 aromatic rings. The molecule has 0 saturated carbocycles. The maximum atomic E-state index is 13.2. The molecule has 0 radical (unpaired) electrons. The molecule has 1 aliphatic heterocycles. The van der Waals surface area contributed by atoms with Crippen molar-refractivity contribution >= 4 is 29.7 Å². The first-order chi connectivity index (χ1) is 18.3.